The average Bonchev–Trinajstić information content (AvgIpc) is 2.67. The lowest BCUT2D eigenvalue weighted by atomic mass is 10.1. The Labute approximate surface area is 179 Å². The molecule has 0 spiro atoms. The molecule has 2 amide bonds. The summed E-state index contributed by atoms with van der Waals surface area (Å²) in [4.78, 5) is 26.8. The van der Waals surface area contributed by atoms with Crippen molar-refractivity contribution in [3.05, 3.63) is 63.9 Å². The van der Waals surface area contributed by atoms with Crippen molar-refractivity contribution < 1.29 is 18.7 Å². The van der Waals surface area contributed by atoms with Gasteiger partial charge in [-0.2, -0.15) is 0 Å². The molecule has 29 heavy (non-hydrogen) atoms. The van der Waals surface area contributed by atoms with E-state index in [9.17, 15) is 14.0 Å². The van der Waals surface area contributed by atoms with E-state index < -0.39 is 6.04 Å². The van der Waals surface area contributed by atoms with E-state index in [-0.39, 0.29) is 36.8 Å². The third-order valence-corrected chi connectivity index (χ3v) is 5.25. The molecule has 5 nitrogen and oxygen atoms in total. The van der Waals surface area contributed by atoms with Crippen LogP contribution in [0, 0.1) is 12.7 Å². The SMILES string of the molecule is Cc1cc(OCC(=O)N(Cc2ccc(F)cc2)C(C)C(=O)NC(C)C)ccc1Br. The van der Waals surface area contributed by atoms with Crippen LogP contribution in [0.15, 0.2) is 46.9 Å². The zero-order valence-corrected chi connectivity index (χ0v) is 18.6. The molecule has 7 heteroatoms. The summed E-state index contributed by atoms with van der Waals surface area (Å²) < 4.78 is 19.8. The topological polar surface area (TPSA) is 58.6 Å². The lowest BCUT2D eigenvalue weighted by Crippen LogP contribution is -2.50. The summed E-state index contributed by atoms with van der Waals surface area (Å²) in [6, 6.07) is 10.6. The van der Waals surface area contributed by atoms with Gasteiger partial charge in [-0.1, -0.05) is 28.1 Å². The molecule has 0 aliphatic heterocycles. The fraction of sp³-hybridized carbons (Fsp3) is 0.364. The van der Waals surface area contributed by atoms with E-state index in [0.717, 1.165) is 15.6 Å². The van der Waals surface area contributed by atoms with Crippen LogP contribution in [0.25, 0.3) is 0 Å². The van der Waals surface area contributed by atoms with E-state index in [0.29, 0.717) is 5.75 Å². The molecule has 0 aliphatic rings. The van der Waals surface area contributed by atoms with Gasteiger partial charge in [0.2, 0.25) is 5.91 Å². The third-order valence-electron chi connectivity index (χ3n) is 4.36. The van der Waals surface area contributed by atoms with Crippen LogP contribution in [0.4, 0.5) is 4.39 Å². The highest BCUT2D eigenvalue weighted by Crippen LogP contribution is 2.22. The first kappa shape index (κ1) is 22.9. The fourth-order valence-electron chi connectivity index (χ4n) is 2.71. The number of ether oxygens (including phenoxy) is 1. The van der Waals surface area contributed by atoms with Crippen LogP contribution in [0.2, 0.25) is 0 Å². The number of carbonyl (C=O) groups is 2. The van der Waals surface area contributed by atoms with Gasteiger partial charge in [0.15, 0.2) is 6.61 Å². The average molecular weight is 465 g/mol. The second-order valence-corrected chi connectivity index (χ2v) is 8.04. The maximum absolute atomic E-state index is 13.2. The highest BCUT2D eigenvalue weighted by Gasteiger charge is 2.27. The Kier molecular flexibility index (Phi) is 8.20. The molecular formula is C22H26BrFN2O3. The molecule has 1 atom stereocenters. The number of nitrogens with one attached hydrogen (secondary N) is 1. The van der Waals surface area contributed by atoms with Crippen molar-refractivity contribution in [3.63, 3.8) is 0 Å². The lowest BCUT2D eigenvalue weighted by molar-refractivity contribution is -0.142. The number of aryl methyl sites for hydroxylation is 1. The van der Waals surface area contributed by atoms with Gasteiger partial charge in [0.25, 0.3) is 5.91 Å². The third kappa shape index (κ3) is 6.85. The van der Waals surface area contributed by atoms with Gasteiger partial charge in [-0.05, 0) is 69.2 Å². The zero-order valence-electron chi connectivity index (χ0n) is 17.0. The molecule has 0 radical (unpaired) electrons. The molecule has 0 fully saturated rings. The summed E-state index contributed by atoms with van der Waals surface area (Å²) in [6.45, 7) is 7.28. The molecule has 0 bridgehead atoms. The molecule has 0 heterocycles. The number of nitrogens with zero attached hydrogens (tertiary/aromatic N) is 1. The Bertz CT molecular complexity index is 856. The van der Waals surface area contributed by atoms with Gasteiger partial charge in [0, 0.05) is 17.1 Å². The highest BCUT2D eigenvalue weighted by molar-refractivity contribution is 9.10. The van der Waals surface area contributed by atoms with Crippen molar-refractivity contribution in [1.29, 1.82) is 0 Å². The van der Waals surface area contributed by atoms with E-state index in [2.05, 4.69) is 21.2 Å². The number of benzene rings is 2. The summed E-state index contributed by atoms with van der Waals surface area (Å²) in [5.74, 6) is -0.373. The second kappa shape index (κ2) is 10.4. The predicted octanol–water partition coefficient (Wildman–Crippen LogP) is 4.22. The minimum atomic E-state index is -0.704. The van der Waals surface area contributed by atoms with Gasteiger partial charge in [-0.15, -0.1) is 0 Å². The maximum Gasteiger partial charge on any atom is 0.261 e. The van der Waals surface area contributed by atoms with E-state index in [1.54, 1.807) is 25.1 Å². The van der Waals surface area contributed by atoms with Crippen LogP contribution in [0.3, 0.4) is 0 Å². The van der Waals surface area contributed by atoms with E-state index in [1.807, 2.05) is 32.9 Å². The maximum atomic E-state index is 13.2. The number of carbonyl (C=O) groups excluding carboxylic acids is 2. The molecule has 0 saturated carbocycles. The van der Waals surface area contributed by atoms with Gasteiger partial charge in [-0.25, -0.2) is 4.39 Å². The number of halogens is 2. The first-order chi connectivity index (χ1) is 13.7. The molecule has 0 saturated heterocycles. The van der Waals surface area contributed by atoms with Crippen LogP contribution in [0.1, 0.15) is 31.9 Å². The van der Waals surface area contributed by atoms with Gasteiger partial charge in [0.05, 0.1) is 0 Å². The summed E-state index contributed by atoms with van der Waals surface area (Å²) in [5, 5.41) is 2.82. The molecule has 2 aromatic carbocycles. The Morgan fingerprint density at radius 1 is 1.14 bits per heavy atom. The van der Waals surface area contributed by atoms with E-state index in [4.69, 9.17) is 4.74 Å². The van der Waals surface area contributed by atoms with Crippen LogP contribution in [0.5, 0.6) is 5.75 Å². The van der Waals surface area contributed by atoms with Gasteiger partial charge in [0.1, 0.15) is 17.6 Å². The molecule has 0 aromatic heterocycles. The first-order valence-corrected chi connectivity index (χ1v) is 10.2. The summed E-state index contributed by atoms with van der Waals surface area (Å²) in [6.07, 6.45) is 0. The zero-order chi connectivity index (χ0) is 21.6. The molecular weight excluding hydrogens is 439 g/mol. The van der Waals surface area contributed by atoms with Crippen LogP contribution >= 0.6 is 15.9 Å². The predicted molar refractivity (Wildman–Crippen MR) is 114 cm³/mol. The van der Waals surface area contributed by atoms with E-state index in [1.165, 1.54) is 17.0 Å². The van der Waals surface area contributed by atoms with Crippen molar-refractivity contribution in [1.82, 2.24) is 10.2 Å². The quantitative estimate of drug-likeness (QED) is 0.636. The number of hydrogen-bond acceptors (Lipinski definition) is 3. The molecule has 156 valence electrons. The van der Waals surface area contributed by atoms with Crippen molar-refractivity contribution in [2.45, 2.75) is 46.3 Å². The first-order valence-electron chi connectivity index (χ1n) is 9.40. The smallest absolute Gasteiger partial charge is 0.261 e. The van der Waals surface area contributed by atoms with Crippen LogP contribution < -0.4 is 10.1 Å². The lowest BCUT2D eigenvalue weighted by Gasteiger charge is -2.29. The Balaban J connectivity index is 2.15. The van der Waals surface area contributed by atoms with Crippen molar-refractivity contribution >= 4 is 27.7 Å². The fourth-order valence-corrected chi connectivity index (χ4v) is 2.96. The van der Waals surface area contributed by atoms with Gasteiger partial charge in [-0.3, -0.25) is 9.59 Å². The Morgan fingerprint density at radius 2 is 1.79 bits per heavy atom. The number of hydrogen-bond donors (Lipinski definition) is 1. The molecule has 1 unspecified atom stereocenters. The van der Waals surface area contributed by atoms with Crippen LogP contribution in [-0.2, 0) is 16.1 Å². The molecule has 0 aliphatic carbocycles. The van der Waals surface area contributed by atoms with Gasteiger partial charge >= 0.3 is 0 Å². The Hall–Kier alpha value is -2.41. The Morgan fingerprint density at radius 3 is 2.38 bits per heavy atom. The minimum absolute atomic E-state index is 0.0466. The summed E-state index contributed by atoms with van der Waals surface area (Å²) in [5.41, 5.74) is 1.71. The van der Waals surface area contributed by atoms with Gasteiger partial charge < -0.3 is 15.0 Å². The highest BCUT2D eigenvalue weighted by atomic mass is 79.9. The van der Waals surface area contributed by atoms with Crippen LogP contribution in [-0.4, -0.2) is 35.4 Å². The second-order valence-electron chi connectivity index (χ2n) is 7.19. The number of amides is 2. The summed E-state index contributed by atoms with van der Waals surface area (Å²) in [7, 11) is 0. The molecule has 2 aromatic rings. The summed E-state index contributed by atoms with van der Waals surface area (Å²) >= 11 is 3.43. The number of rotatable bonds is 8. The monoisotopic (exact) mass is 464 g/mol. The standard InChI is InChI=1S/C22H26BrFN2O3/c1-14(2)25-22(28)16(4)26(12-17-5-7-18(24)8-6-17)21(27)13-29-19-9-10-20(23)15(3)11-19/h5-11,14,16H,12-13H2,1-4H3,(H,25,28). The largest absolute Gasteiger partial charge is 0.484 e. The van der Waals surface area contributed by atoms with Crippen molar-refractivity contribution in [3.8, 4) is 5.75 Å². The normalized spacial score (nSPS) is 11.8. The molecule has 2 rings (SSSR count). The minimum Gasteiger partial charge on any atom is -0.484 e. The molecule has 1 N–H and O–H groups in total. The van der Waals surface area contributed by atoms with Crippen molar-refractivity contribution in [2.75, 3.05) is 6.61 Å². The van der Waals surface area contributed by atoms with E-state index >= 15 is 0 Å². The van der Waals surface area contributed by atoms with Crippen molar-refractivity contribution in [2.24, 2.45) is 0 Å².